The molecule has 108 valence electrons. The third kappa shape index (κ3) is 4.16. The zero-order valence-corrected chi connectivity index (χ0v) is 14.9. The molecule has 1 heterocycles. The largest absolute Gasteiger partial charge is 0.250 e. The first-order valence-electron chi connectivity index (χ1n) is 6.78. The topological polar surface area (TPSA) is 30.7 Å². The van der Waals surface area contributed by atoms with Gasteiger partial charge in [-0.3, -0.25) is 0 Å². The molecule has 0 aliphatic heterocycles. The average molecular weight is 401 g/mol. The van der Waals surface area contributed by atoms with Gasteiger partial charge in [0, 0.05) is 28.7 Å². The summed E-state index contributed by atoms with van der Waals surface area (Å²) in [5, 5.41) is 5.25. The average Bonchev–Trinajstić information content (AvgIpc) is 2.82. The van der Waals surface area contributed by atoms with Gasteiger partial charge in [-0.2, -0.15) is 5.10 Å². The summed E-state index contributed by atoms with van der Waals surface area (Å²) in [5.41, 5.74) is 1.32. The van der Waals surface area contributed by atoms with Crippen molar-refractivity contribution >= 4 is 31.9 Å². The van der Waals surface area contributed by atoms with E-state index in [9.17, 15) is 0 Å². The number of rotatable bonds is 6. The molecule has 1 aromatic carbocycles. The summed E-state index contributed by atoms with van der Waals surface area (Å²) in [5.74, 6) is 2.04. The Balaban J connectivity index is 2.16. The van der Waals surface area contributed by atoms with Crippen LogP contribution in [0.25, 0.3) is 0 Å². The smallest absolute Gasteiger partial charge is 0.138 e. The lowest BCUT2D eigenvalue weighted by Gasteiger charge is -2.16. The quantitative estimate of drug-likeness (QED) is 0.672. The Labute approximate surface area is 137 Å². The Bertz CT molecular complexity index is 552. The predicted octanol–water partition coefficient (Wildman–Crippen LogP) is 4.42. The molecule has 3 nitrogen and oxygen atoms in total. The highest BCUT2D eigenvalue weighted by molar-refractivity contribution is 9.10. The Kier molecular flexibility index (Phi) is 5.78. The maximum absolute atomic E-state index is 4.42. The van der Waals surface area contributed by atoms with Gasteiger partial charge >= 0.3 is 0 Å². The van der Waals surface area contributed by atoms with E-state index in [0.29, 0.717) is 11.8 Å². The molecular formula is C15H19Br2N3. The van der Waals surface area contributed by atoms with E-state index in [0.717, 1.165) is 28.6 Å². The van der Waals surface area contributed by atoms with Gasteiger partial charge in [-0.1, -0.05) is 57.8 Å². The van der Waals surface area contributed by atoms with Crippen molar-refractivity contribution in [1.82, 2.24) is 14.8 Å². The predicted molar refractivity (Wildman–Crippen MR) is 89.2 cm³/mol. The van der Waals surface area contributed by atoms with Crippen LogP contribution in [-0.4, -0.2) is 20.1 Å². The molecular weight excluding hydrogens is 382 g/mol. The second-order valence-electron chi connectivity index (χ2n) is 5.36. The molecule has 0 saturated carbocycles. The summed E-state index contributed by atoms with van der Waals surface area (Å²) in [6, 6.07) is 8.47. The van der Waals surface area contributed by atoms with Crippen LogP contribution in [0.2, 0.25) is 0 Å². The van der Waals surface area contributed by atoms with Gasteiger partial charge in [-0.05, 0) is 23.6 Å². The number of hydrogen-bond acceptors (Lipinski definition) is 2. The molecule has 0 fully saturated rings. The fraction of sp³-hybridized carbons (Fsp3) is 0.467. The maximum Gasteiger partial charge on any atom is 0.138 e. The van der Waals surface area contributed by atoms with Crippen molar-refractivity contribution in [2.75, 3.05) is 5.33 Å². The summed E-state index contributed by atoms with van der Waals surface area (Å²) >= 11 is 7.16. The molecule has 2 rings (SSSR count). The maximum atomic E-state index is 4.42. The lowest BCUT2D eigenvalue weighted by atomic mass is 9.97. The lowest BCUT2D eigenvalue weighted by molar-refractivity contribution is 0.461. The van der Waals surface area contributed by atoms with Crippen LogP contribution in [0.5, 0.6) is 0 Å². The van der Waals surface area contributed by atoms with E-state index in [1.807, 2.05) is 4.68 Å². The van der Waals surface area contributed by atoms with Gasteiger partial charge in [-0.25, -0.2) is 9.67 Å². The van der Waals surface area contributed by atoms with Crippen LogP contribution in [0.3, 0.4) is 0 Å². The van der Waals surface area contributed by atoms with E-state index < -0.39 is 0 Å². The van der Waals surface area contributed by atoms with Crippen LogP contribution in [0.4, 0.5) is 0 Å². The Morgan fingerprint density at radius 3 is 2.75 bits per heavy atom. The third-order valence-electron chi connectivity index (χ3n) is 3.17. The molecule has 0 aliphatic rings. The van der Waals surface area contributed by atoms with E-state index in [2.05, 4.69) is 80.1 Å². The summed E-state index contributed by atoms with van der Waals surface area (Å²) in [6.45, 7) is 5.31. The van der Waals surface area contributed by atoms with Crippen LogP contribution < -0.4 is 0 Å². The van der Waals surface area contributed by atoms with Crippen molar-refractivity contribution < 1.29 is 0 Å². The normalized spacial score (nSPS) is 12.8. The Morgan fingerprint density at radius 2 is 2.10 bits per heavy atom. The monoisotopic (exact) mass is 399 g/mol. The van der Waals surface area contributed by atoms with Crippen LogP contribution in [0, 0.1) is 5.92 Å². The van der Waals surface area contributed by atoms with E-state index in [1.165, 1.54) is 5.56 Å². The first-order valence-corrected chi connectivity index (χ1v) is 8.69. The molecule has 0 radical (unpaired) electrons. The molecule has 1 aromatic heterocycles. The molecule has 1 atom stereocenters. The van der Waals surface area contributed by atoms with E-state index in [4.69, 9.17) is 0 Å². The number of nitrogens with zero attached hydrogens (tertiary/aromatic N) is 3. The van der Waals surface area contributed by atoms with E-state index in [-0.39, 0.29) is 0 Å². The Morgan fingerprint density at radius 1 is 1.30 bits per heavy atom. The zero-order valence-electron chi connectivity index (χ0n) is 11.8. The van der Waals surface area contributed by atoms with Crippen molar-refractivity contribution in [3.8, 4) is 0 Å². The van der Waals surface area contributed by atoms with Gasteiger partial charge in [0.15, 0.2) is 0 Å². The number of alkyl halides is 1. The number of benzene rings is 1. The Hall–Kier alpha value is -0.680. The number of hydrogen-bond donors (Lipinski definition) is 0. The molecule has 20 heavy (non-hydrogen) atoms. The van der Waals surface area contributed by atoms with Gasteiger partial charge in [0.2, 0.25) is 0 Å². The standard InChI is InChI=1S/C15H19Br2N3/c1-11(2)9-20-15(18-10-19-20)7-13(8-16)12-4-3-5-14(17)6-12/h3-6,10-11,13H,7-9H2,1-2H3. The summed E-state index contributed by atoms with van der Waals surface area (Å²) in [7, 11) is 0. The van der Waals surface area contributed by atoms with Crippen LogP contribution in [0.15, 0.2) is 35.1 Å². The van der Waals surface area contributed by atoms with Crippen molar-refractivity contribution in [3.63, 3.8) is 0 Å². The minimum atomic E-state index is 0.405. The minimum Gasteiger partial charge on any atom is -0.250 e. The summed E-state index contributed by atoms with van der Waals surface area (Å²) in [4.78, 5) is 4.42. The first-order chi connectivity index (χ1) is 9.60. The molecule has 2 aromatic rings. The molecule has 0 amide bonds. The van der Waals surface area contributed by atoms with E-state index >= 15 is 0 Å². The summed E-state index contributed by atoms with van der Waals surface area (Å²) in [6.07, 6.45) is 2.55. The van der Waals surface area contributed by atoms with E-state index in [1.54, 1.807) is 6.33 Å². The molecule has 5 heteroatoms. The van der Waals surface area contributed by atoms with Gasteiger partial charge in [0.1, 0.15) is 12.2 Å². The number of halogens is 2. The van der Waals surface area contributed by atoms with Crippen molar-refractivity contribution in [2.24, 2.45) is 5.92 Å². The second-order valence-corrected chi connectivity index (χ2v) is 6.93. The van der Waals surface area contributed by atoms with Crippen LogP contribution in [0.1, 0.15) is 31.2 Å². The minimum absolute atomic E-state index is 0.405. The summed E-state index contributed by atoms with van der Waals surface area (Å²) < 4.78 is 3.14. The second kappa shape index (κ2) is 7.36. The highest BCUT2D eigenvalue weighted by Crippen LogP contribution is 2.25. The molecule has 0 bridgehead atoms. The molecule has 0 spiro atoms. The molecule has 0 N–H and O–H groups in total. The van der Waals surface area contributed by atoms with Crippen molar-refractivity contribution in [3.05, 3.63) is 46.5 Å². The van der Waals surface area contributed by atoms with Crippen LogP contribution in [-0.2, 0) is 13.0 Å². The fourth-order valence-electron chi connectivity index (χ4n) is 2.19. The molecule has 0 aliphatic carbocycles. The van der Waals surface area contributed by atoms with Crippen molar-refractivity contribution in [1.29, 1.82) is 0 Å². The lowest BCUT2D eigenvalue weighted by Crippen LogP contribution is -2.14. The van der Waals surface area contributed by atoms with Crippen molar-refractivity contribution in [2.45, 2.75) is 32.7 Å². The molecule has 0 saturated heterocycles. The SMILES string of the molecule is CC(C)Cn1ncnc1CC(CBr)c1cccc(Br)c1. The third-order valence-corrected chi connectivity index (χ3v) is 4.44. The fourth-order valence-corrected chi connectivity index (χ4v) is 3.21. The zero-order chi connectivity index (χ0) is 14.5. The van der Waals surface area contributed by atoms with Gasteiger partial charge in [-0.15, -0.1) is 0 Å². The highest BCUT2D eigenvalue weighted by atomic mass is 79.9. The molecule has 1 unspecified atom stereocenters. The van der Waals surface area contributed by atoms with Gasteiger partial charge in [0.25, 0.3) is 0 Å². The van der Waals surface area contributed by atoms with Gasteiger partial charge < -0.3 is 0 Å². The van der Waals surface area contributed by atoms with Crippen LogP contribution >= 0.6 is 31.9 Å². The first kappa shape index (κ1) is 15.7. The highest BCUT2D eigenvalue weighted by Gasteiger charge is 2.15. The van der Waals surface area contributed by atoms with Gasteiger partial charge in [0.05, 0.1) is 0 Å². The number of aromatic nitrogens is 3.